The molecule has 12 heavy (non-hydrogen) atoms. The van der Waals surface area contributed by atoms with Crippen LogP contribution in [0.15, 0.2) is 0 Å². The lowest BCUT2D eigenvalue weighted by Gasteiger charge is -2.13. The molecule has 3 N–H and O–H groups in total. The zero-order valence-corrected chi connectivity index (χ0v) is 6.81. The van der Waals surface area contributed by atoms with Crippen LogP contribution in [0.4, 0.5) is 0 Å². The minimum absolute atomic E-state index is 0.868. The highest BCUT2D eigenvalue weighted by atomic mass is 16.5. The van der Waals surface area contributed by atoms with Crippen LogP contribution in [0.25, 0.3) is 0 Å². The van der Waals surface area contributed by atoms with E-state index in [1.807, 2.05) is 0 Å². The van der Waals surface area contributed by atoms with Gasteiger partial charge < -0.3 is 20.3 Å². The summed E-state index contributed by atoms with van der Waals surface area (Å²) in [6, 6.07) is -1.40. The van der Waals surface area contributed by atoms with Gasteiger partial charge in [-0.05, 0) is 0 Å². The first-order valence-electron chi connectivity index (χ1n) is 3.14. The van der Waals surface area contributed by atoms with Gasteiger partial charge in [-0.1, -0.05) is 0 Å². The summed E-state index contributed by atoms with van der Waals surface area (Å²) in [5.41, 5.74) is 5.12. The van der Waals surface area contributed by atoms with Crippen molar-refractivity contribution >= 4 is 11.9 Å². The van der Waals surface area contributed by atoms with Crippen molar-refractivity contribution in [3.05, 3.63) is 0 Å². The van der Waals surface area contributed by atoms with Gasteiger partial charge in [0.25, 0.3) is 0 Å². The maximum absolute atomic E-state index is 10.7. The zero-order valence-electron chi connectivity index (χ0n) is 6.81. The summed E-state index contributed by atoms with van der Waals surface area (Å²) in [5.74, 6) is -1.83. The molecule has 2 unspecified atom stereocenters. The third-order valence-electron chi connectivity index (χ3n) is 1.26. The van der Waals surface area contributed by atoms with E-state index in [4.69, 9.17) is 10.8 Å². The largest absolute Gasteiger partial charge is 0.468 e. The molecule has 70 valence electrons. The molecule has 0 aromatic heterocycles. The topological polar surface area (TPSA) is 98.9 Å². The fourth-order valence-electron chi connectivity index (χ4n) is 0.532. The van der Waals surface area contributed by atoms with Gasteiger partial charge in [-0.3, -0.25) is 4.79 Å². The average molecular weight is 177 g/mol. The quantitative estimate of drug-likeness (QED) is 0.485. The molecule has 0 aromatic carbocycles. The van der Waals surface area contributed by atoms with Crippen molar-refractivity contribution in [1.82, 2.24) is 0 Å². The van der Waals surface area contributed by atoms with Crippen molar-refractivity contribution in [3.63, 3.8) is 0 Å². The third kappa shape index (κ3) is 2.48. The second-order valence-corrected chi connectivity index (χ2v) is 2.02. The van der Waals surface area contributed by atoms with Gasteiger partial charge in [-0.25, -0.2) is 4.79 Å². The molecule has 0 aliphatic rings. The molecule has 0 saturated carbocycles. The summed E-state index contributed by atoms with van der Waals surface area (Å²) >= 11 is 0. The first-order valence-corrected chi connectivity index (χ1v) is 3.14. The standard InChI is InChI=1S/C6H11NO5/c1-11-5(9)3(7)4(8)6(10)12-2/h3-4,8H,7H2,1-2H3. The van der Waals surface area contributed by atoms with Crippen LogP contribution < -0.4 is 5.73 Å². The molecule has 0 rings (SSSR count). The van der Waals surface area contributed by atoms with Crippen molar-refractivity contribution in [2.24, 2.45) is 5.73 Å². The van der Waals surface area contributed by atoms with Crippen molar-refractivity contribution in [2.75, 3.05) is 14.2 Å². The van der Waals surface area contributed by atoms with Crippen LogP contribution in [0.5, 0.6) is 0 Å². The van der Waals surface area contributed by atoms with E-state index in [2.05, 4.69) is 9.47 Å². The SMILES string of the molecule is COC(=O)C(N)C(O)C(=O)OC. The number of methoxy groups -OCH3 is 2. The van der Waals surface area contributed by atoms with Crippen LogP contribution in [0.2, 0.25) is 0 Å². The molecule has 0 spiro atoms. The number of aliphatic hydroxyl groups excluding tert-OH is 1. The predicted molar refractivity (Wildman–Crippen MR) is 38.0 cm³/mol. The molecule has 0 amide bonds. The van der Waals surface area contributed by atoms with Gasteiger partial charge >= 0.3 is 11.9 Å². The van der Waals surface area contributed by atoms with Crippen LogP contribution in [0.1, 0.15) is 0 Å². The Morgan fingerprint density at radius 2 is 1.67 bits per heavy atom. The average Bonchev–Trinajstić information content (AvgIpc) is 2.12. The first-order chi connectivity index (χ1) is 5.54. The predicted octanol–water partition coefficient (Wildman–Crippen LogP) is -1.98. The van der Waals surface area contributed by atoms with Crippen LogP contribution >= 0.6 is 0 Å². The van der Waals surface area contributed by atoms with E-state index in [-0.39, 0.29) is 0 Å². The van der Waals surface area contributed by atoms with Crippen molar-refractivity contribution in [2.45, 2.75) is 12.1 Å². The summed E-state index contributed by atoms with van der Waals surface area (Å²) < 4.78 is 8.35. The Kier molecular flexibility index (Phi) is 4.24. The molecule has 0 heterocycles. The number of nitrogens with two attached hydrogens (primary N) is 1. The van der Waals surface area contributed by atoms with E-state index in [0.717, 1.165) is 14.2 Å². The van der Waals surface area contributed by atoms with E-state index in [1.54, 1.807) is 0 Å². The molecule has 0 bridgehead atoms. The molecule has 6 heteroatoms. The summed E-state index contributed by atoms with van der Waals surface area (Å²) in [4.78, 5) is 21.3. The summed E-state index contributed by atoms with van der Waals surface area (Å²) in [6.45, 7) is 0. The summed E-state index contributed by atoms with van der Waals surface area (Å²) in [5, 5.41) is 8.99. The molecule has 0 aliphatic heterocycles. The lowest BCUT2D eigenvalue weighted by molar-refractivity contribution is -0.158. The lowest BCUT2D eigenvalue weighted by Crippen LogP contribution is -2.47. The molecule has 6 nitrogen and oxygen atoms in total. The Hall–Kier alpha value is -1.14. The molecule has 0 fully saturated rings. The number of ether oxygens (including phenoxy) is 2. The molecule has 0 aliphatic carbocycles. The number of carbonyl (C=O) groups is 2. The van der Waals surface area contributed by atoms with E-state index >= 15 is 0 Å². The highest BCUT2D eigenvalue weighted by molar-refractivity contribution is 5.85. The minimum Gasteiger partial charge on any atom is -0.468 e. The fourth-order valence-corrected chi connectivity index (χ4v) is 0.532. The molecular formula is C6H11NO5. The Morgan fingerprint density at radius 1 is 1.25 bits per heavy atom. The molecule has 0 aromatic rings. The molecule has 0 radical (unpaired) electrons. The monoisotopic (exact) mass is 177 g/mol. The van der Waals surface area contributed by atoms with Crippen LogP contribution in [-0.4, -0.2) is 43.4 Å². The van der Waals surface area contributed by atoms with Crippen LogP contribution in [-0.2, 0) is 19.1 Å². The molecular weight excluding hydrogens is 166 g/mol. The van der Waals surface area contributed by atoms with Gasteiger partial charge in [0.15, 0.2) is 6.10 Å². The van der Waals surface area contributed by atoms with Crippen LogP contribution in [0, 0.1) is 0 Å². The number of aliphatic hydroxyl groups is 1. The number of hydrogen-bond acceptors (Lipinski definition) is 6. The molecule has 2 atom stereocenters. The van der Waals surface area contributed by atoms with Crippen molar-refractivity contribution in [3.8, 4) is 0 Å². The maximum Gasteiger partial charge on any atom is 0.336 e. The van der Waals surface area contributed by atoms with Gasteiger partial charge in [0.05, 0.1) is 14.2 Å². The second kappa shape index (κ2) is 4.68. The van der Waals surface area contributed by atoms with Gasteiger partial charge in [0.2, 0.25) is 0 Å². The van der Waals surface area contributed by atoms with E-state index in [0.29, 0.717) is 0 Å². The summed E-state index contributed by atoms with van der Waals surface area (Å²) in [6.07, 6.45) is -1.68. The van der Waals surface area contributed by atoms with Gasteiger partial charge in [0, 0.05) is 0 Å². The van der Waals surface area contributed by atoms with Crippen LogP contribution in [0.3, 0.4) is 0 Å². The number of hydrogen-bond donors (Lipinski definition) is 2. The van der Waals surface area contributed by atoms with E-state index in [9.17, 15) is 9.59 Å². The smallest absolute Gasteiger partial charge is 0.336 e. The molecule has 0 saturated heterocycles. The maximum atomic E-state index is 10.7. The Bertz CT molecular complexity index is 161. The zero-order chi connectivity index (χ0) is 9.72. The van der Waals surface area contributed by atoms with Crippen molar-refractivity contribution < 1.29 is 24.2 Å². The first kappa shape index (κ1) is 10.9. The highest BCUT2D eigenvalue weighted by Gasteiger charge is 2.30. The third-order valence-corrected chi connectivity index (χ3v) is 1.26. The Labute approximate surface area is 69.2 Å². The van der Waals surface area contributed by atoms with E-state index in [1.165, 1.54) is 0 Å². The Balaban J connectivity index is 4.18. The van der Waals surface area contributed by atoms with Gasteiger partial charge in [-0.2, -0.15) is 0 Å². The van der Waals surface area contributed by atoms with Crippen molar-refractivity contribution in [1.29, 1.82) is 0 Å². The number of carbonyl (C=O) groups excluding carboxylic acids is 2. The van der Waals surface area contributed by atoms with E-state index < -0.39 is 24.1 Å². The number of rotatable bonds is 3. The Morgan fingerprint density at radius 3 is 2.00 bits per heavy atom. The normalized spacial score (nSPS) is 14.7. The minimum atomic E-state index is -1.68. The second-order valence-electron chi connectivity index (χ2n) is 2.02. The highest BCUT2D eigenvalue weighted by Crippen LogP contribution is 1.95. The van der Waals surface area contributed by atoms with Gasteiger partial charge in [-0.15, -0.1) is 0 Å². The lowest BCUT2D eigenvalue weighted by atomic mass is 10.2. The number of esters is 2. The van der Waals surface area contributed by atoms with Gasteiger partial charge in [0.1, 0.15) is 6.04 Å². The summed E-state index contributed by atoms with van der Waals surface area (Å²) in [7, 11) is 2.18. The fraction of sp³-hybridized carbons (Fsp3) is 0.667.